The maximum Gasteiger partial charge on any atom is 0.217 e. The summed E-state index contributed by atoms with van der Waals surface area (Å²) in [5.41, 5.74) is 8.35. The topological polar surface area (TPSA) is 64.4 Å². The van der Waals surface area contributed by atoms with Gasteiger partial charge in [-0.05, 0) is 24.0 Å². The molecule has 3 N–H and O–H groups in total. The van der Waals surface area contributed by atoms with Gasteiger partial charge in [-0.3, -0.25) is 4.79 Å². The van der Waals surface area contributed by atoms with Crippen molar-refractivity contribution in [2.75, 3.05) is 6.61 Å². The van der Waals surface area contributed by atoms with E-state index < -0.39 is 0 Å². The lowest BCUT2D eigenvalue weighted by atomic mass is 9.99. The predicted octanol–water partition coefficient (Wildman–Crippen LogP) is 1.50. The first-order chi connectivity index (χ1) is 8.66. The number of nitrogens with one attached hydrogen (secondary N) is 1. The van der Waals surface area contributed by atoms with Gasteiger partial charge in [0.05, 0.1) is 12.1 Å². The smallest absolute Gasteiger partial charge is 0.217 e. The molecule has 1 aliphatic heterocycles. The molecule has 1 amide bonds. The van der Waals surface area contributed by atoms with Crippen molar-refractivity contribution in [2.24, 2.45) is 5.73 Å². The Balaban J connectivity index is 1.95. The number of hydrogen-bond acceptors (Lipinski definition) is 3. The third-order valence-corrected chi connectivity index (χ3v) is 3.27. The molecule has 0 aliphatic carbocycles. The molecule has 2 unspecified atom stereocenters. The predicted molar refractivity (Wildman–Crippen MR) is 69.9 cm³/mol. The summed E-state index contributed by atoms with van der Waals surface area (Å²) in [5, 5.41) is 2.77. The molecule has 98 valence electrons. The summed E-state index contributed by atoms with van der Waals surface area (Å²) in [6, 6.07) is 7.98. The number of nitrogens with two attached hydrogens (primary N) is 1. The van der Waals surface area contributed by atoms with Crippen LogP contribution < -0.4 is 11.1 Å². The molecule has 2 atom stereocenters. The summed E-state index contributed by atoms with van der Waals surface area (Å²) >= 11 is 0. The molecule has 0 bridgehead atoms. The summed E-state index contributed by atoms with van der Waals surface area (Å²) in [4.78, 5) is 10.8. The van der Waals surface area contributed by atoms with Crippen LogP contribution in [-0.2, 0) is 16.1 Å². The van der Waals surface area contributed by atoms with E-state index in [0.717, 1.165) is 30.6 Å². The Bertz CT molecular complexity index is 397. The van der Waals surface area contributed by atoms with Gasteiger partial charge in [-0.1, -0.05) is 24.3 Å². The average Bonchev–Trinajstić information content (AvgIpc) is 2.90. The molecule has 4 heteroatoms. The summed E-state index contributed by atoms with van der Waals surface area (Å²) in [7, 11) is 0. The number of amides is 1. The van der Waals surface area contributed by atoms with Gasteiger partial charge in [-0.25, -0.2) is 0 Å². The third kappa shape index (κ3) is 3.31. The van der Waals surface area contributed by atoms with E-state index in [0.29, 0.717) is 6.54 Å². The molecular formula is C14H20N2O2. The first-order valence-electron chi connectivity index (χ1n) is 6.37. The van der Waals surface area contributed by atoms with E-state index in [1.165, 1.54) is 6.92 Å². The molecule has 1 aliphatic rings. The van der Waals surface area contributed by atoms with Gasteiger partial charge in [0.1, 0.15) is 0 Å². The van der Waals surface area contributed by atoms with Crippen molar-refractivity contribution in [1.29, 1.82) is 0 Å². The molecule has 18 heavy (non-hydrogen) atoms. The average molecular weight is 248 g/mol. The maximum absolute atomic E-state index is 10.8. The van der Waals surface area contributed by atoms with Crippen LogP contribution in [0.2, 0.25) is 0 Å². The van der Waals surface area contributed by atoms with Crippen molar-refractivity contribution in [3.8, 4) is 0 Å². The molecule has 1 aromatic rings. The molecule has 4 nitrogen and oxygen atoms in total. The summed E-state index contributed by atoms with van der Waals surface area (Å²) < 4.78 is 5.60. The van der Waals surface area contributed by atoms with Gasteiger partial charge in [-0.15, -0.1) is 0 Å². The number of ether oxygens (including phenoxy) is 1. The Morgan fingerprint density at radius 2 is 2.22 bits per heavy atom. The van der Waals surface area contributed by atoms with E-state index in [1.54, 1.807) is 0 Å². The van der Waals surface area contributed by atoms with Crippen molar-refractivity contribution < 1.29 is 9.53 Å². The highest BCUT2D eigenvalue weighted by Gasteiger charge is 2.23. The van der Waals surface area contributed by atoms with Crippen LogP contribution in [0.5, 0.6) is 0 Å². The van der Waals surface area contributed by atoms with Gasteiger partial charge >= 0.3 is 0 Å². The zero-order chi connectivity index (χ0) is 13.0. The van der Waals surface area contributed by atoms with Crippen LogP contribution in [0.3, 0.4) is 0 Å². The standard InChI is InChI=1S/C14H20N2O2/c1-10(17)16-9-11-4-6-12(7-5-11)14(15)13-3-2-8-18-13/h4-7,13-14H,2-3,8-9,15H2,1H3,(H,16,17). The van der Waals surface area contributed by atoms with Crippen LogP contribution in [0.4, 0.5) is 0 Å². The van der Waals surface area contributed by atoms with Crippen LogP contribution in [0.15, 0.2) is 24.3 Å². The third-order valence-electron chi connectivity index (χ3n) is 3.27. The Labute approximate surface area is 108 Å². The molecule has 1 saturated heterocycles. The Morgan fingerprint density at radius 1 is 1.50 bits per heavy atom. The van der Waals surface area contributed by atoms with Crippen LogP contribution in [0.25, 0.3) is 0 Å². The quantitative estimate of drug-likeness (QED) is 0.848. The zero-order valence-corrected chi connectivity index (χ0v) is 10.7. The zero-order valence-electron chi connectivity index (χ0n) is 10.7. The van der Waals surface area contributed by atoms with E-state index in [9.17, 15) is 4.79 Å². The van der Waals surface area contributed by atoms with E-state index in [2.05, 4.69) is 5.32 Å². The van der Waals surface area contributed by atoms with Crippen LogP contribution in [0.1, 0.15) is 36.9 Å². The molecular weight excluding hydrogens is 228 g/mol. The maximum atomic E-state index is 10.8. The van der Waals surface area contributed by atoms with Crippen LogP contribution >= 0.6 is 0 Å². The van der Waals surface area contributed by atoms with E-state index in [1.807, 2.05) is 24.3 Å². The number of carbonyl (C=O) groups is 1. The molecule has 1 fully saturated rings. The molecule has 0 saturated carbocycles. The minimum absolute atomic E-state index is 0.0184. The second kappa shape index (κ2) is 5.98. The number of hydrogen-bond donors (Lipinski definition) is 2. The van der Waals surface area contributed by atoms with Crippen molar-refractivity contribution in [3.63, 3.8) is 0 Å². The molecule has 0 aromatic heterocycles. The van der Waals surface area contributed by atoms with Gasteiger partial charge in [0, 0.05) is 20.1 Å². The fourth-order valence-corrected chi connectivity index (χ4v) is 2.18. The Morgan fingerprint density at radius 3 is 2.78 bits per heavy atom. The molecule has 2 rings (SSSR count). The molecule has 1 heterocycles. The lowest BCUT2D eigenvalue weighted by molar-refractivity contribution is -0.119. The monoisotopic (exact) mass is 248 g/mol. The summed E-state index contributed by atoms with van der Waals surface area (Å²) in [6.45, 7) is 2.89. The van der Waals surface area contributed by atoms with Gasteiger partial charge in [-0.2, -0.15) is 0 Å². The van der Waals surface area contributed by atoms with E-state index in [-0.39, 0.29) is 18.1 Å². The second-order valence-corrected chi connectivity index (χ2v) is 4.73. The van der Waals surface area contributed by atoms with Crippen LogP contribution in [-0.4, -0.2) is 18.6 Å². The largest absolute Gasteiger partial charge is 0.376 e. The number of rotatable bonds is 4. The second-order valence-electron chi connectivity index (χ2n) is 4.73. The molecule has 0 spiro atoms. The Kier molecular flexibility index (Phi) is 4.33. The first-order valence-corrected chi connectivity index (χ1v) is 6.37. The fourth-order valence-electron chi connectivity index (χ4n) is 2.18. The normalized spacial score (nSPS) is 20.7. The molecule has 1 aromatic carbocycles. The SMILES string of the molecule is CC(=O)NCc1ccc(C(N)C2CCCO2)cc1. The van der Waals surface area contributed by atoms with Crippen LogP contribution in [0, 0.1) is 0 Å². The molecule has 0 radical (unpaired) electrons. The number of carbonyl (C=O) groups excluding carboxylic acids is 1. The lowest BCUT2D eigenvalue weighted by Crippen LogP contribution is -2.25. The highest BCUT2D eigenvalue weighted by atomic mass is 16.5. The van der Waals surface area contributed by atoms with Gasteiger partial charge < -0.3 is 15.8 Å². The summed E-state index contributed by atoms with van der Waals surface area (Å²) in [6.07, 6.45) is 2.28. The highest BCUT2D eigenvalue weighted by Crippen LogP contribution is 2.24. The van der Waals surface area contributed by atoms with Crippen molar-refractivity contribution in [2.45, 2.75) is 38.5 Å². The van der Waals surface area contributed by atoms with E-state index in [4.69, 9.17) is 10.5 Å². The highest BCUT2D eigenvalue weighted by molar-refractivity contribution is 5.72. The number of benzene rings is 1. The van der Waals surface area contributed by atoms with Crippen molar-refractivity contribution in [1.82, 2.24) is 5.32 Å². The minimum atomic E-state index is -0.0534. The van der Waals surface area contributed by atoms with Crippen molar-refractivity contribution >= 4 is 5.91 Å². The van der Waals surface area contributed by atoms with E-state index >= 15 is 0 Å². The van der Waals surface area contributed by atoms with Gasteiger partial charge in [0.2, 0.25) is 5.91 Å². The van der Waals surface area contributed by atoms with Crippen molar-refractivity contribution in [3.05, 3.63) is 35.4 Å². The lowest BCUT2D eigenvalue weighted by Gasteiger charge is -2.19. The minimum Gasteiger partial charge on any atom is -0.376 e. The Hall–Kier alpha value is -1.39. The van der Waals surface area contributed by atoms with Gasteiger partial charge in [0.25, 0.3) is 0 Å². The van der Waals surface area contributed by atoms with Gasteiger partial charge in [0.15, 0.2) is 0 Å². The first kappa shape index (κ1) is 13.1. The summed E-state index contributed by atoms with van der Waals surface area (Å²) in [5.74, 6) is -0.0184. The fraction of sp³-hybridized carbons (Fsp3) is 0.500.